The molecule has 1 amide bonds. The van der Waals surface area contributed by atoms with E-state index in [4.69, 9.17) is 4.42 Å². The molecular weight excluding hydrogens is 298 g/mol. The number of rotatable bonds is 5. The minimum atomic E-state index is -0.0869. The summed E-state index contributed by atoms with van der Waals surface area (Å²) in [5.74, 6) is 0.958. The van der Waals surface area contributed by atoms with Gasteiger partial charge in [0.25, 0.3) is 11.8 Å². The molecule has 112 valence electrons. The standard InChI is InChI=1S/C16H15N3O2S/c1-11-5-2-3-6-12(11)15(20)17-9-8-14-18-19-16(21-14)13-7-4-10-22-13/h2-7,10H,8-9H2,1H3,(H,17,20). The fourth-order valence-corrected chi connectivity index (χ4v) is 2.70. The Morgan fingerprint density at radius 1 is 1.23 bits per heavy atom. The Labute approximate surface area is 132 Å². The van der Waals surface area contributed by atoms with Gasteiger partial charge in [-0.05, 0) is 30.0 Å². The van der Waals surface area contributed by atoms with Crippen molar-refractivity contribution in [3.05, 3.63) is 58.8 Å². The quantitative estimate of drug-likeness (QED) is 0.786. The number of carbonyl (C=O) groups is 1. The molecule has 0 spiro atoms. The zero-order valence-corrected chi connectivity index (χ0v) is 12.9. The van der Waals surface area contributed by atoms with Crippen LogP contribution in [-0.2, 0) is 6.42 Å². The Bertz CT molecular complexity index is 765. The first-order valence-electron chi connectivity index (χ1n) is 6.94. The lowest BCUT2D eigenvalue weighted by Gasteiger charge is -2.05. The highest BCUT2D eigenvalue weighted by Crippen LogP contribution is 2.22. The zero-order chi connectivity index (χ0) is 15.4. The Balaban J connectivity index is 1.55. The molecule has 0 aliphatic heterocycles. The predicted molar refractivity (Wildman–Crippen MR) is 84.8 cm³/mol. The lowest BCUT2D eigenvalue weighted by atomic mass is 10.1. The maximum atomic E-state index is 12.1. The van der Waals surface area contributed by atoms with Crippen LogP contribution < -0.4 is 5.32 Å². The van der Waals surface area contributed by atoms with Crippen molar-refractivity contribution in [3.63, 3.8) is 0 Å². The van der Waals surface area contributed by atoms with Crippen LogP contribution in [0.25, 0.3) is 10.8 Å². The predicted octanol–water partition coefficient (Wildman–Crippen LogP) is 3.08. The van der Waals surface area contributed by atoms with E-state index < -0.39 is 0 Å². The average Bonchev–Trinajstić information content (AvgIpc) is 3.18. The van der Waals surface area contributed by atoms with Crippen molar-refractivity contribution >= 4 is 17.2 Å². The Morgan fingerprint density at radius 3 is 2.86 bits per heavy atom. The van der Waals surface area contributed by atoms with Gasteiger partial charge < -0.3 is 9.73 Å². The van der Waals surface area contributed by atoms with Crippen molar-refractivity contribution in [2.75, 3.05) is 6.54 Å². The fraction of sp³-hybridized carbons (Fsp3) is 0.188. The van der Waals surface area contributed by atoms with E-state index in [1.54, 1.807) is 11.3 Å². The Morgan fingerprint density at radius 2 is 2.09 bits per heavy atom. The van der Waals surface area contributed by atoms with Crippen molar-refractivity contribution in [3.8, 4) is 10.8 Å². The second kappa shape index (κ2) is 6.53. The van der Waals surface area contributed by atoms with E-state index in [-0.39, 0.29) is 5.91 Å². The van der Waals surface area contributed by atoms with Gasteiger partial charge in [-0.1, -0.05) is 24.3 Å². The van der Waals surface area contributed by atoms with Crippen LogP contribution in [0.2, 0.25) is 0 Å². The topological polar surface area (TPSA) is 68.0 Å². The van der Waals surface area contributed by atoms with E-state index >= 15 is 0 Å². The molecule has 0 bridgehead atoms. The van der Waals surface area contributed by atoms with Crippen molar-refractivity contribution in [1.29, 1.82) is 0 Å². The molecule has 0 radical (unpaired) electrons. The van der Waals surface area contributed by atoms with Gasteiger partial charge in [0.05, 0.1) is 4.88 Å². The molecule has 0 unspecified atom stereocenters. The minimum absolute atomic E-state index is 0.0869. The third-order valence-electron chi connectivity index (χ3n) is 3.21. The summed E-state index contributed by atoms with van der Waals surface area (Å²) in [5.41, 5.74) is 1.64. The van der Waals surface area contributed by atoms with Gasteiger partial charge in [-0.3, -0.25) is 4.79 Å². The van der Waals surface area contributed by atoms with E-state index in [0.29, 0.717) is 30.3 Å². The van der Waals surface area contributed by atoms with Crippen molar-refractivity contribution in [2.24, 2.45) is 0 Å². The highest BCUT2D eigenvalue weighted by molar-refractivity contribution is 7.13. The number of benzene rings is 1. The first kappa shape index (κ1) is 14.5. The highest BCUT2D eigenvalue weighted by Gasteiger charge is 2.11. The van der Waals surface area contributed by atoms with Crippen molar-refractivity contribution in [2.45, 2.75) is 13.3 Å². The minimum Gasteiger partial charge on any atom is -0.420 e. The molecule has 22 heavy (non-hydrogen) atoms. The smallest absolute Gasteiger partial charge is 0.257 e. The number of aryl methyl sites for hydroxylation is 1. The van der Waals surface area contributed by atoms with Crippen LogP contribution >= 0.6 is 11.3 Å². The molecule has 0 saturated carbocycles. The van der Waals surface area contributed by atoms with Gasteiger partial charge in [-0.15, -0.1) is 21.5 Å². The number of amides is 1. The van der Waals surface area contributed by atoms with E-state index in [1.165, 1.54) is 0 Å². The van der Waals surface area contributed by atoms with Crippen LogP contribution in [0.3, 0.4) is 0 Å². The highest BCUT2D eigenvalue weighted by atomic mass is 32.1. The Kier molecular flexibility index (Phi) is 4.29. The third-order valence-corrected chi connectivity index (χ3v) is 4.07. The zero-order valence-electron chi connectivity index (χ0n) is 12.1. The first-order valence-corrected chi connectivity index (χ1v) is 7.82. The van der Waals surface area contributed by atoms with Gasteiger partial charge >= 0.3 is 0 Å². The molecular formula is C16H15N3O2S. The van der Waals surface area contributed by atoms with Gasteiger partial charge in [-0.2, -0.15) is 0 Å². The molecule has 3 aromatic rings. The Hall–Kier alpha value is -2.47. The van der Waals surface area contributed by atoms with Gasteiger partial charge in [0.2, 0.25) is 5.89 Å². The summed E-state index contributed by atoms with van der Waals surface area (Å²) < 4.78 is 5.58. The normalized spacial score (nSPS) is 10.6. The summed E-state index contributed by atoms with van der Waals surface area (Å²) in [7, 11) is 0. The molecule has 2 heterocycles. The van der Waals surface area contributed by atoms with Gasteiger partial charge in [-0.25, -0.2) is 0 Å². The molecule has 0 atom stereocenters. The van der Waals surface area contributed by atoms with Gasteiger partial charge in [0.15, 0.2) is 0 Å². The summed E-state index contributed by atoms with van der Waals surface area (Å²) in [6.07, 6.45) is 0.510. The third kappa shape index (κ3) is 3.23. The molecule has 0 saturated heterocycles. The second-order valence-corrected chi connectivity index (χ2v) is 5.75. The number of hydrogen-bond donors (Lipinski definition) is 1. The maximum absolute atomic E-state index is 12.1. The van der Waals surface area contributed by atoms with Gasteiger partial charge in [0.1, 0.15) is 0 Å². The lowest BCUT2D eigenvalue weighted by Crippen LogP contribution is -2.26. The molecule has 1 N–H and O–H groups in total. The van der Waals surface area contributed by atoms with Crippen LogP contribution in [0.5, 0.6) is 0 Å². The van der Waals surface area contributed by atoms with Crippen LogP contribution in [0.15, 0.2) is 46.2 Å². The molecule has 5 nitrogen and oxygen atoms in total. The monoisotopic (exact) mass is 313 g/mol. The van der Waals surface area contributed by atoms with E-state index in [0.717, 1.165) is 10.4 Å². The average molecular weight is 313 g/mol. The van der Waals surface area contributed by atoms with E-state index in [2.05, 4.69) is 15.5 Å². The summed E-state index contributed by atoms with van der Waals surface area (Å²) in [4.78, 5) is 13.0. The van der Waals surface area contributed by atoms with Crippen molar-refractivity contribution in [1.82, 2.24) is 15.5 Å². The summed E-state index contributed by atoms with van der Waals surface area (Å²) >= 11 is 1.55. The van der Waals surface area contributed by atoms with Crippen molar-refractivity contribution < 1.29 is 9.21 Å². The fourth-order valence-electron chi connectivity index (χ4n) is 2.06. The summed E-state index contributed by atoms with van der Waals surface area (Å²) in [6, 6.07) is 11.4. The maximum Gasteiger partial charge on any atom is 0.257 e. The van der Waals surface area contributed by atoms with E-state index in [1.807, 2.05) is 48.7 Å². The summed E-state index contributed by atoms with van der Waals surface area (Å²) in [6.45, 7) is 2.37. The molecule has 0 aliphatic carbocycles. The number of thiophene rings is 1. The van der Waals surface area contributed by atoms with Crippen LogP contribution in [0.4, 0.5) is 0 Å². The second-order valence-electron chi connectivity index (χ2n) is 4.80. The number of aromatic nitrogens is 2. The summed E-state index contributed by atoms with van der Waals surface area (Å²) in [5, 5.41) is 12.8. The molecule has 0 fully saturated rings. The molecule has 3 rings (SSSR count). The van der Waals surface area contributed by atoms with E-state index in [9.17, 15) is 4.79 Å². The molecule has 0 aliphatic rings. The largest absolute Gasteiger partial charge is 0.420 e. The van der Waals surface area contributed by atoms with Gasteiger partial charge in [0, 0.05) is 18.5 Å². The number of nitrogens with one attached hydrogen (secondary N) is 1. The molecule has 1 aromatic carbocycles. The molecule has 6 heteroatoms. The van der Waals surface area contributed by atoms with Crippen LogP contribution in [0, 0.1) is 6.92 Å². The van der Waals surface area contributed by atoms with Crippen LogP contribution in [0.1, 0.15) is 21.8 Å². The number of hydrogen-bond acceptors (Lipinski definition) is 5. The first-order chi connectivity index (χ1) is 10.7. The number of carbonyl (C=O) groups excluding carboxylic acids is 1. The SMILES string of the molecule is Cc1ccccc1C(=O)NCCc1nnc(-c2cccs2)o1. The molecule has 2 aromatic heterocycles. The lowest BCUT2D eigenvalue weighted by molar-refractivity contribution is 0.0953. The van der Waals surface area contributed by atoms with Crippen LogP contribution in [-0.4, -0.2) is 22.6 Å². The number of nitrogens with zero attached hydrogens (tertiary/aromatic N) is 2.